The van der Waals surface area contributed by atoms with Crippen LogP contribution in [0.25, 0.3) is 0 Å². The van der Waals surface area contributed by atoms with Crippen molar-refractivity contribution in [3.05, 3.63) is 86.7 Å². The molecule has 0 unspecified atom stereocenters. The van der Waals surface area contributed by atoms with Crippen LogP contribution >= 0.6 is 11.3 Å². The Hall–Kier alpha value is -3.05. The zero-order chi connectivity index (χ0) is 24.1. The van der Waals surface area contributed by atoms with Crippen molar-refractivity contribution in [3.8, 4) is 0 Å². The summed E-state index contributed by atoms with van der Waals surface area (Å²) in [5, 5.41) is 8.29. The second kappa shape index (κ2) is 8.07. The lowest BCUT2D eigenvalue weighted by atomic mass is 9.71. The Labute approximate surface area is 200 Å². The molecule has 0 atom stereocenters. The number of nitrogens with zero attached hydrogens (tertiary/aromatic N) is 2. The molecule has 2 heterocycles. The van der Waals surface area contributed by atoms with Crippen LogP contribution in [0.2, 0.25) is 0 Å². The van der Waals surface area contributed by atoms with E-state index >= 15 is 0 Å². The van der Waals surface area contributed by atoms with Gasteiger partial charge >= 0.3 is 0 Å². The molecule has 0 saturated carbocycles. The van der Waals surface area contributed by atoms with Gasteiger partial charge < -0.3 is 0 Å². The first kappa shape index (κ1) is 23.1. The van der Waals surface area contributed by atoms with Crippen LogP contribution < -0.4 is 5.01 Å². The number of ketones is 1. The molecule has 5 heteroatoms. The lowest BCUT2D eigenvalue weighted by Gasteiger charge is -2.31. The summed E-state index contributed by atoms with van der Waals surface area (Å²) >= 11 is 1.55. The number of para-hydroxylation sites is 1. The number of carbonyl (C=O) groups excluding carboxylic acids is 2. The second-order valence-corrected chi connectivity index (χ2v) is 11.6. The van der Waals surface area contributed by atoms with Crippen molar-refractivity contribution in [2.45, 2.75) is 48.5 Å². The average molecular weight is 459 g/mol. The molecule has 4 rings (SSSR count). The molecule has 0 bridgehead atoms. The van der Waals surface area contributed by atoms with Gasteiger partial charge in [-0.2, -0.15) is 10.1 Å². The highest BCUT2D eigenvalue weighted by molar-refractivity contribution is 7.12. The number of anilines is 1. The molecule has 1 aromatic carbocycles. The molecule has 0 N–H and O–H groups in total. The van der Waals surface area contributed by atoms with Crippen LogP contribution in [0, 0.1) is 17.8 Å². The van der Waals surface area contributed by atoms with E-state index in [2.05, 4.69) is 0 Å². The molecule has 1 amide bonds. The average Bonchev–Trinajstić information content (AvgIpc) is 3.35. The number of allylic oxidation sites excluding steroid dienone is 5. The number of hydrogen-bond acceptors (Lipinski definition) is 4. The van der Waals surface area contributed by atoms with E-state index < -0.39 is 0 Å². The Bertz CT molecular complexity index is 1220. The minimum absolute atomic E-state index is 0.0511. The van der Waals surface area contributed by atoms with Crippen molar-refractivity contribution in [2.75, 3.05) is 5.01 Å². The van der Waals surface area contributed by atoms with E-state index in [9.17, 15) is 9.59 Å². The standard InChI is InChI=1S/C28H30N2O2S/c1-17-11-8-9-12-21(17)30-26(32)23(24(29-30)22-13-10-14-33-22)18-15-19(27(2,3)4)25(31)20(16-18)28(5,6)7/h8-16H,1-7H3. The first-order chi connectivity index (χ1) is 15.4. The normalized spacial score (nSPS) is 17.4. The van der Waals surface area contributed by atoms with Crippen LogP contribution in [0.15, 0.2) is 81.3 Å². The number of aryl methyl sites for hydroxylation is 1. The van der Waals surface area contributed by atoms with Gasteiger partial charge in [0.05, 0.1) is 16.1 Å². The zero-order valence-electron chi connectivity index (χ0n) is 20.3. The largest absolute Gasteiger partial charge is 0.289 e. The van der Waals surface area contributed by atoms with E-state index in [4.69, 9.17) is 5.10 Å². The molecular weight excluding hydrogens is 428 g/mol. The van der Waals surface area contributed by atoms with Crippen LogP contribution in [-0.2, 0) is 9.59 Å². The van der Waals surface area contributed by atoms with Gasteiger partial charge in [0.1, 0.15) is 5.71 Å². The molecule has 2 aliphatic rings. The number of thiophene rings is 1. The van der Waals surface area contributed by atoms with Gasteiger partial charge in [-0.15, -0.1) is 11.3 Å². The van der Waals surface area contributed by atoms with Crippen LogP contribution in [0.5, 0.6) is 0 Å². The van der Waals surface area contributed by atoms with E-state index in [1.54, 1.807) is 11.3 Å². The SMILES string of the molecule is Cc1ccccc1N1N=C(c2cccs2)C(=C2C=C(C(C)(C)C)C(=O)C(C(C)(C)C)=C2)C1=O. The Balaban J connectivity index is 2.00. The van der Waals surface area contributed by atoms with Crippen LogP contribution in [0.1, 0.15) is 52.0 Å². The fourth-order valence-corrected chi connectivity index (χ4v) is 4.82. The molecule has 2 aromatic rings. The van der Waals surface area contributed by atoms with E-state index in [1.807, 2.05) is 102 Å². The van der Waals surface area contributed by atoms with Gasteiger partial charge in [0, 0.05) is 11.1 Å². The fourth-order valence-electron chi connectivity index (χ4n) is 4.10. The first-order valence-electron chi connectivity index (χ1n) is 11.2. The smallest absolute Gasteiger partial charge is 0.281 e. The molecule has 0 saturated heterocycles. The van der Waals surface area contributed by atoms with Gasteiger partial charge in [0.2, 0.25) is 0 Å². The summed E-state index contributed by atoms with van der Waals surface area (Å²) in [6, 6.07) is 11.7. The molecule has 1 aliphatic carbocycles. The summed E-state index contributed by atoms with van der Waals surface area (Å²) in [7, 11) is 0. The third-order valence-electron chi connectivity index (χ3n) is 5.93. The zero-order valence-corrected chi connectivity index (χ0v) is 21.1. The highest BCUT2D eigenvalue weighted by Crippen LogP contribution is 2.41. The maximum Gasteiger partial charge on any atom is 0.281 e. The van der Waals surface area contributed by atoms with Crippen molar-refractivity contribution >= 4 is 34.4 Å². The summed E-state index contributed by atoms with van der Waals surface area (Å²) < 4.78 is 0. The molecule has 4 nitrogen and oxygen atoms in total. The number of hydrazone groups is 1. The summed E-state index contributed by atoms with van der Waals surface area (Å²) in [4.78, 5) is 28.2. The van der Waals surface area contributed by atoms with Crippen molar-refractivity contribution < 1.29 is 9.59 Å². The Morgan fingerprint density at radius 1 is 0.848 bits per heavy atom. The maximum absolute atomic E-state index is 13.9. The summed E-state index contributed by atoms with van der Waals surface area (Å²) in [5.41, 5.74) is 4.39. The van der Waals surface area contributed by atoms with Crippen molar-refractivity contribution in [1.29, 1.82) is 0 Å². The van der Waals surface area contributed by atoms with Gasteiger partial charge in [-0.1, -0.05) is 65.8 Å². The number of carbonyl (C=O) groups is 2. The summed E-state index contributed by atoms with van der Waals surface area (Å²) in [6.07, 6.45) is 3.80. The monoisotopic (exact) mass is 458 g/mol. The van der Waals surface area contributed by atoms with Gasteiger partial charge in [0.25, 0.3) is 5.91 Å². The number of hydrogen-bond donors (Lipinski definition) is 0. The van der Waals surface area contributed by atoms with Crippen molar-refractivity contribution in [1.82, 2.24) is 0 Å². The second-order valence-electron chi connectivity index (χ2n) is 10.6. The Morgan fingerprint density at radius 2 is 1.45 bits per heavy atom. The van der Waals surface area contributed by atoms with E-state index in [0.717, 1.165) is 21.7 Å². The van der Waals surface area contributed by atoms with E-state index in [1.165, 1.54) is 5.01 Å². The van der Waals surface area contributed by atoms with Crippen LogP contribution in [0.4, 0.5) is 5.69 Å². The number of rotatable bonds is 2. The third kappa shape index (κ3) is 4.18. The van der Waals surface area contributed by atoms with Crippen molar-refractivity contribution in [3.63, 3.8) is 0 Å². The fraction of sp³-hybridized carbons (Fsp3) is 0.321. The lowest BCUT2D eigenvalue weighted by Crippen LogP contribution is -2.29. The van der Waals surface area contributed by atoms with Crippen LogP contribution in [-0.4, -0.2) is 17.4 Å². The highest BCUT2D eigenvalue weighted by Gasteiger charge is 2.39. The van der Waals surface area contributed by atoms with Crippen LogP contribution in [0.3, 0.4) is 0 Å². The van der Waals surface area contributed by atoms with Gasteiger partial charge in [-0.25, -0.2) is 0 Å². The predicted molar refractivity (Wildman–Crippen MR) is 137 cm³/mol. The number of Topliss-reactive ketones (excluding diaryl/α,β-unsaturated/α-hetero) is 1. The third-order valence-corrected chi connectivity index (χ3v) is 6.81. The molecule has 33 heavy (non-hydrogen) atoms. The van der Waals surface area contributed by atoms with E-state index in [0.29, 0.717) is 22.4 Å². The number of benzene rings is 1. The summed E-state index contributed by atoms with van der Waals surface area (Å²) in [6.45, 7) is 14.2. The van der Waals surface area contributed by atoms with E-state index in [-0.39, 0.29) is 22.5 Å². The summed E-state index contributed by atoms with van der Waals surface area (Å²) in [5.74, 6) is -0.124. The first-order valence-corrected chi connectivity index (χ1v) is 12.0. The highest BCUT2D eigenvalue weighted by atomic mass is 32.1. The minimum Gasteiger partial charge on any atom is -0.289 e. The lowest BCUT2D eigenvalue weighted by molar-refractivity contribution is -0.115. The number of amides is 1. The Morgan fingerprint density at radius 3 is 1.97 bits per heavy atom. The van der Waals surface area contributed by atoms with Gasteiger partial charge in [0.15, 0.2) is 5.78 Å². The minimum atomic E-state index is -0.356. The molecule has 0 radical (unpaired) electrons. The topological polar surface area (TPSA) is 49.7 Å². The Kier molecular flexibility index (Phi) is 5.65. The maximum atomic E-state index is 13.9. The molecule has 1 aromatic heterocycles. The van der Waals surface area contributed by atoms with Crippen molar-refractivity contribution in [2.24, 2.45) is 15.9 Å². The molecule has 1 aliphatic heterocycles. The molecule has 0 spiro atoms. The molecule has 170 valence electrons. The van der Waals surface area contributed by atoms with Gasteiger partial charge in [-0.05, 0) is 58.6 Å². The molecule has 0 fully saturated rings. The molecular formula is C28H30N2O2S. The predicted octanol–water partition coefficient (Wildman–Crippen LogP) is 6.63. The quantitative estimate of drug-likeness (QED) is 0.474. The van der Waals surface area contributed by atoms with Gasteiger partial charge in [-0.3, -0.25) is 9.59 Å².